The van der Waals surface area contributed by atoms with E-state index in [1.165, 1.54) is 13.8 Å². The van der Waals surface area contributed by atoms with Crippen LogP contribution in [0.4, 0.5) is 0 Å². The molecule has 0 radical (unpaired) electrons. The number of alkyl halides is 1. The van der Waals surface area contributed by atoms with E-state index in [2.05, 4.69) is 0 Å². The van der Waals surface area contributed by atoms with Crippen molar-refractivity contribution in [3.8, 4) is 0 Å². The Labute approximate surface area is 77.0 Å². The van der Waals surface area contributed by atoms with E-state index >= 15 is 0 Å². The second-order valence-electron chi connectivity index (χ2n) is 2.45. The van der Waals surface area contributed by atoms with E-state index < -0.39 is 20.5 Å². The normalized spacial score (nSPS) is 10.7. The Hall–Kier alpha value is -0.553. The zero-order valence-electron chi connectivity index (χ0n) is 7.22. The Morgan fingerprint density at radius 2 is 1.58 bits per heavy atom. The topological polar surface area (TPSA) is 52.6 Å². The van der Waals surface area contributed by atoms with Crippen LogP contribution in [0.15, 0.2) is 0 Å². The van der Waals surface area contributed by atoms with Crippen LogP contribution in [0, 0.1) is 0 Å². The molecule has 12 heavy (non-hydrogen) atoms. The average Bonchev–Trinajstić information content (AvgIpc) is 1.83. The van der Waals surface area contributed by atoms with Crippen LogP contribution < -0.4 is 0 Å². The minimum atomic E-state index is -2.78. The predicted octanol–water partition coefficient (Wildman–Crippen LogP) is 0.963. The predicted molar refractivity (Wildman–Crippen MR) is 45.9 cm³/mol. The van der Waals surface area contributed by atoms with Gasteiger partial charge in [0.15, 0.2) is 0 Å². The van der Waals surface area contributed by atoms with E-state index in [-0.39, 0.29) is 5.50 Å². The maximum absolute atomic E-state index is 10.6. The summed E-state index contributed by atoms with van der Waals surface area (Å²) in [6.45, 7) is 4.06. The lowest BCUT2D eigenvalue weighted by molar-refractivity contribution is -0.138. The van der Waals surface area contributed by atoms with Crippen LogP contribution in [0.2, 0.25) is 6.55 Å². The molecule has 0 aromatic heterocycles. The average molecular weight is 211 g/mol. The van der Waals surface area contributed by atoms with E-state index in [1.807, 2.05) is 0 Å². The number of halogens is 1. The summed E-state index contributed by atoms with van der Waals surface area (Å²) in [6, 6.07) is 0. The van der Waals surface area contributed by atoms with Gasteiger partial charge in [0.05, 0.1) is 5.50 Å². The molecule has 0 saturated carbocycles. The van der Waals surface area contributed by atoms with Crippen LogP contribution in [0.25, 0.3) is 0 Å². The Kier molecular flexibility index (Phi) is 4.26. The molecule has 0 amide bonds. The highest BCUT2D eigenvalue weighted by Crippen LogP contribution is 2.09. The molecule has 0 aromatic carbocycles. The van der Waals surface area contributed by atoms with Crippen molar-refractivity contribution in [2.24, 2.45) is 0 Å². The van der Waals surface area contributed by atoms with Gasteiger partial charge in [-0.15, -0.1) is 11.6 Å². The third-order valence-corrected chi connectivity index (χ3v) is 4.34. The van der Waals surface area contributed by atoms with E-state index in [0.717, 1.165) is 0 Å². The Morgan fingerprint density at radius 3 is 1.75 bits per heavy atom. The van der Waals surface area contributed by atoms with E-state index in [1.54, 1.807) is 6.55 Å². The fraction of sp³-hybridized carbons (Fsp3) is 0.667. The molecular weight excluding hydrogens is 200 g/mol. The summed E-state index contributed by atoms with van der Waals surface area (Å²) in [4.78, 5) is 21.1. The number of hydrogen-bond acceptors (Lipinski definition) is 4. The number of carbonyl (C=O) groups is 2. The fourth-order valence-corrected chi connectivity index (χ4v) is 2.38. The van der Waals surface area contributed by atoms with Crippen LogP contribution in [-0.2, 0) is 18.4 Å². The second-order valence-corrected chi connectivity index (χ2v) is 6.20. The van der Waals surface area contributed by atoms with Gasteiger partial charge in [-0.3, -0.25) is 9.59 Å². The van der Waals surface area contributed by atoms with Crippen molar-refractivity contribution >= 4 is 32.1 Å². The maximum atomic E-state index is 10.6. The van der Waals surface area contributed by atoms with Crippen molar-refractivity contribution in [1.29, 1.82) is 0 Å². The van der Waals surface area contributed by atoms with Crippen LogP contribution in [0.3, 0.4) is 0 Å². The molecule has 0 rings (SSSR count). The molecular formula is C6H11ClO4Si. The van der Waals surface area contributed by atoms with Crippen LogP contribution in [0.1, 0.15) is 13.8 Å². The van der Waals surface area contributed by atoms with Crippen molar-refractivity contribution in [2.45, 2.75) is 20.4 Å². The van der Waals surface area contributed by atoms with Gasteiger partial charge in [-0.25, -0.2) is 0 Å². The first-order valence-corrected chi connectivity index (χ1v) is 6.40. The third kappa shape index (κ3) is 4.35. The Bertz CT molecular complexity index is 178. The minimum absolute atomic E-state index is 0.0478. The standard InChI is InChI=1S/C6H11ClO4Si/c1-5(8)10-12(3,4-7)11-6(2)9/h4H2,1-3H3. The number of carbonyl (C=O) groups excluding carboxylic acids is 2. The Balaban J connectivity index is 4.23. The minimum Gasteiger partial charge on any atom is -0.484 e. The van der Waals surface area contributed by atoms with Gasteiger partial charge in [0, 0.05) is 20.4 Å². The first-order chi connectivity index (χ1) is 5.39. The van der Waals surface area contributed by atoms with Gasteiger partial charge in [0.2, 0.25) is 0 Å². The molecule has 0 heterocycles. The van der Waals surface area contributed by atoms with Gasteiger partial charge in [0.25, 0.3) is 11.9 Å². The van der Waals surface area contributed by atoms with E-state index in [9.17, 15) is 9.59 Å². The summed E-state index contributed by atoms with van der Waals surface area (Å²) in [5.41, 5.74) is 0.0478. The van der Waals surface area contributed by atoms with Crippen molar-refractivity contribution < 1.29 is 18.4 Å². The summed E-state index contributed by atoms with van der Waals surface area (Å²) >= 11 is 5.50. The summed E-state index contributed by atoms with van der Waals surface area (Å²) in [7, 11) is -2.78. The van der Waals surface area contributed by atoms with Crippen molar-refractivity contribution in [3.63, 3.8) is 0 Å². The van der Waals surface area contributed by atoms with Gasteiger partial charge in [-0.1, -0.05) is 0 Å². The molecule has 0 bridgehead atoms. The summed E-state index contributed by atoms with van der Waals surface area (Å²) in [5, 5.41) is 0. The summed E-state index contributed by atoms with van der Waals surface area (Å²) < 4.78 is 9.65. The third-order valence-electron chi connectivity index (χ3n) is 0.962. The molecule has 0 aliphatic rings. The lowest BCUT2D eigenvalue weighted by Gasteiger charge is -2.22. The maximum Gasteiger partial charge on any atom is 0.476 e. The van der Waals surface area contributed by atoms with Crippen LogP contribution in [0.5, 0.6) is 0 Å². The molecule has 6 heteroatoms. The first kappa shape index (κ1) is 11.4. The van der Waals surface area contributed by atoms with Gasteiger partial charge < -0.3 is 8.85 Å². The lowest BCUT2D eigenvalue weighted by Crippen LogP contribution is -2.44. The molecule has 0 saturated heterocycles. The van der Waals surface area contributed by atoms with Gasteiger partial charge in [0.1, 0.15) is 0 Å². The Morgan fingerprint density at radius 1 is 1.25 bits per heavy atom. The smallest absolute Gasteiger partial charge is 0.476 e. The van der Waals surface area contributed by atoms with Crippen molar-refractivity contribution in [2.75, 3.05) is 5.50 Å². The van der Waals surface area contributed by atoms with Crippen LogP contribution >= 0.6 is 11.6 Å². The largest absolute Gasteiger partial charge is 0.484 e. The molecule has 0 N–H and O–H groups in total. The highest BCUT2D eigenvalue weighted by atomic mass is 35.5. The van der Waals surface area contributed by atoms with Crippen molar-refractivity contribution in [1.82, 2.24) is 0 Å². The zero-order chi connectivity index (χ0) is 9.78. The molecule has 0 unspecified atom stereocenters. The number of rotatable bonds is 3. The molecule has 4 nitrogen and oxygen atoms in total. The van der Waals surface area contributed by atoms with Crippen LogP contribution in [-0.4, -0.2) is 26.0 Å². The SMILES string of the molecule is CC(=O)O[Si](C)(CCl)OC(C)=O. The summed E-state index contributed by atoms with van der Waals surface area (Å²) in [6.07, 6.45) is 0. The molecule has 70 valence electrons. The number of hydrogen-bond donors (Lipinski definition) is 0. The second kappa shape index (κ2) is 4.47. The quantitative estimate of drug-likeness (QED) is 0.515. The molecule has 0 aromatic rings. The van der Waals surface area contributed by atoms with Gasteiger partial charge in [-0.05, 0) is 0 Å². The molecule has 0 aliphatic heterocycles. The molecule has 0 atom stereocenters. The van der Waals surface area contributed by atoms with Crippen molar-refractivity contribution in [3.05, 3.63) is 0 Å². The monoisotopic (exact) mass is 210 g/mol. The van der Waals surface area contributed by atoms with E-state index in [0.29, 0.717) is 0 Å². The highest BCUT2D eigenvalue weighted by Gasteiger charge is 2.37. The fourth-order valence-electron chi connectivity index (χ4n) is 0.683. The molecule has 0 spiro atoms. The summed E-state index contributed by atoms with van der Waals surface area (Å²) in [5.74, 6) is -0.961. The van der Waals surface area contributed by atoms with Gasteiger partial charge >= 0.3 is 8.56 Å². The lowest BCUT2D eigenvalue weighted by atomic mass is 10.9. The van der Waals surface area contributed by atoms with Gasteiger partial charge in [-0.2, -0.15) is 0 Å². The van der Waals surface area contributed by atoms with E-state index in [4.69, 9.17) is 20.5 Å². The highest BCUT2D eigenvalue weighted by molar-refractivity contribution is 6.75. The zero-order valence-corrected chi connectivity index (χ0v) is 8.97. The molecule has 0 aliphatic carbocycles. The first-order valence-electron chi connectivity index (χ1n) is 3.35. The molecule has 0 fully saturated rings.